The highest BCUT2D eigenvalue weighted by atomic mass is 32.2. The normalized spacial score (nSPS) is 16.1. The molecule has 3 rings (SSSR count). The summed E-state index contributed by atoms with van der Waals surface area (Å²) in [4.78, 5) is 14.9. The molecule has 6 nitrogen and oxygen atoms in total. The van der Waals surface area contributed by atoms with Crippen molar-refractivity contribution in [2.45, 2.75) is 31.6 Å². The summed E-state index contributed by atoms with van der Waals surface area (Å²) in [5.74, 6) is 0.248. The van der Waals surface area contributed by atoms with Gasteiger partial charge in [0.25, 0.3) is 0 Å². The molecule has 1 heterocycles. The molecule has 2 aromatic rings. The molecule has 1 fully saturated rings. The summed E-state index contributed by atoms with van der Waals surface area (Å²) in [6, 6.07) is 14.5. The summed E-state index contributed by atoms with van der Waals surface area (Å²) in [5, 5.41) is 3.06. The smallest absolute Gasteiger partial charge is 0.243 e. The highest BCUT2D eigenvalue weighted by Crippen LogP contribution is 2.27. The Morgan fingerprint density at radius 1 is 1.00 bits per heavy atom. The number of piperazine rings is 1. The molecular weight excluding hydrogens is 386 g/mol. The van der Waals surface area contributed by atoms with Crippen molar-refractivity contribution in [2.24, 2.45) is 0 Å². The Balaban J connectivity index is 1.58. The Bertz CT molecular complexity index is 951. The van der Waals surface area contributed by atoms with Crippen molar-refractivity contribution in [3.05, 3.63) is 59.7 Å². The van der Waals surface area contributed by atoms with Crippen molar-refractivity contribution in [1.29, 1.82) is 0 Å². The van der Waals surface area contributed by atoms with Crippen molar-refractivity contribution in [1.82, 2.24) is 9.21 Å². The van der Waals surface area contributed by atoms with E-state index in [1.807, 2.05) is 30.0 Å². The van der Waals surface area contributed by atoms with Crippen LogP contribution in [0.1, 0.15) is 30.9 Å². The first-order chi connectivity index (χ1) is 13.8. The van der Waals surface area contributed by atoms with Crippen LogP contribution in [0, 0.1) is 6.92 Å². The zero-order chi connectivity index (χ0) is 21.0. The molecule has 0 unspecified atom stereocenters. The number of carbonyl (C=O) groups is 1. The van der Waals surface area contributed by atoms with E-state index in [1.54, 1.807) is 30.3 Å². The third kappa shape index (κ3) is 5.04. The van der Waals surface area contributed by atoms with Crippen LogP contribution in [0.2, 0.25) is 0 Å². The summed E-state index contributed by atoms with van der Waals surface area (Å²) in [7, 11) is -3.48. The van der Waals surface area contributed by atoms with Gasteiger partial charge in [-0.2, -0.15) is 4.31 Å². The maximum atomic E-state index is 12.7. The molecule has 1 amide bonds. The average Bonchev–Trinajstić information content (AvgIpc) is 2.70. The number of nitrogens with one attached hydrogen (secondary N) is 1. The van der Waals surface area contributed by atoms with Gasteiger partial charge in [-0.05, 0) is 36.1 Å². The molecule has 0 spiro atoms. The first-order valence-electron chi connectivity index (χ1n) is 9.96. The highest BCUT2D eigenvalue weighted by molar-refractivity contribution is 7.89. The summed E-state index contributed by atoms with van der Waals surface area (Å²) in [6.07, 6.45) is 0. The highest BCUT2D eigenvalue weighted by Gasteiger charge is 2.29. The summed E-state index contributed by atoms with van der Waals surface area (Å²) >= 11 is 0. The van der Waals surface area contributed by atoms with Gasteiger partial charge in [-0.3, -0.25) is 9.69 Å². The molecule has 0 aromatic heterocycles. The molecule has 0 aliphatic carbocycles. The number of nitrogens with zero attached hydrogens (tertiary/aromatic N) is 2. The number of hydrogen-bond acceptors (Lipinski definition) is 4. The third-order valence-electron chi connectivity index (χ3n) is 5.27. The molecule has 7 heteroatoms. The number of aryl methyl sites for hydroxylation is 1. The van der Waals surface area contributed by atoms with Gasteiger partial charge in [-0.15, -0.1) is 0 Å². The minimum atomic E-state index is -3.48. The Labute approximate surface area is 173 Å². The van der Waals surface area contributed by atoms with Crippen LogP contribution in [0.3, 0.4) is 0 Å². The molecule has 156 valence electrons. The van der Waals surface area contributed by atoms with Gasteiger partial charge in [-0.25, -0.2) is 8.42 Å². The number of rotatable bonds is 6. The van der Waals surface area contributed by atoms with E-state index in [1.165, 1.54) is 4.31 Å². The van der Waals surface area contributed by atoms with Gasteiger partial charge in [-0.1, -0.05) is 50.2 Å². The lowest BCUT2D eigenvalue weighted by Crippen LogP contribution is -2.50. The lowest BCUT2D eigenvalue weighted by molar-refractivity contribution is -0.117. The van der Waals surface area contributed by atoms with E-state index in [0.717, 1.165) is 16.8 Å². The molecule has 1 N–H and O–H groups in total. The largest absolute Gasteiger partial charge is 0.324 e. The number of amides is 1. The number of anilines is 1. The van der Waals surface area contributed by atoms with E-state index >= 15 is 0 Å². The summed E-state index contributed by atoms with van der Waals surface area (Å²) in [6.45, 7) is 8.29. The minimum absolute atomic E-state index is 0.0689. The van der Waals surface area contributed by atoms with Gasteiger partial charge in [0.2, 0.25) is 15.9 Å². The number of hydrogen-bond donors (Lipinski definition) is 1. The van der Waals surface area contributed by atoms with E-state index in [2.05, 4.69) is 19.2 Å². The standard InChI is InChI=1S/C22H29N3O3S/c1-17(2)20-11-7-8-18(3)22(20)23-21(26)16-24-12-14-25(15-13-24)29(27,28)19-9-5-4-6-10-19/h4-11,17H,12-16H2,1-3H3,(H,23,26). The van der Waals surface area contributed by atoms with Crippen molar-refractivity contribution < 1.29 is 13.2 Å². The van der Waals surface area contributed by atoms with E-state index < -0.39 is 10.0 Å². The van der Waals surface area contributed by atoms with Gasteiger partial charge in [0.1, 0.15) is 0 Å². The first-order valence-corrected chi connectivity index (χ1v) is 11.4. The van der Waals surface area contributed by atoms with Crippen molar-refractivity contribution in [3.8, 4) is 0 Å². The van der Waals surface area contributed by atoms with Crippen molar-refractivity contribution in [3.63, 3.8) is 0 Å². The molecule has 0 radical (unpaired) electrons. The monoisotopic (exact) mass is 415 g/mol. The predicted octanol–water partition coefficient (Wildman–Crippen LogP) is 3.06. The van der Waals surface area contributed by atoms with Crippen molar-refractivity contribution >= 4 is 21.6 Å². The summed E-state index contributed by atoms with van der Waals surface area (Å²) in [5.41, 5.74) is 3.05. The lowest BCUT2D eigenvalue weighted by atomic mass is 9.98. The quantitative estimate of drug-likeness (QED) is 0.787. The maximum absolute atomic E-state index is 12.7. The Kier molecular flexibility index (Phi) is 6.72. The van der Waals surface area contributed by atoms with Crippen LogP contribution in [0.15, 0.2) is 53.4 Å². The van der Waals surface area contributed by atoms with E-state index in [9.17, 15) is 13.2 Å². The molecule has 29 heavy (non-hydrogen) atoms. The van der Waals surface area contributed by atoms with Gasteiger partial charge in [0.15, 0.2) is 0 Å². The van der Waals surface area contributed by atoms with E-state index in [-0.39, 0.29) is 12.5 Å². The van der Waals surface area contributed by atoms with Gasteiger partial charge < -0.3 is 5.32 Å². The van der Waals surface area contributed by atoms with Crippen LogP contribution in [-0.2, 0) is 14.8 Å². The Morgan fingerprint density at radius 3 is 2.28 bits per heavy atom. The zero-order valence-corrected chi connectivity index (χ0v) is 18.1. The maximum Gasteiger partial charge on any atom is 0.243 e. The van der Waals surface area contributed by atoms with E-state index in [0.29, 0.717) is 37.0 Å². The molecule has 0 bridgehead atoms. The predicted molar refractivity (Wildman–Crippen MR) is 116 cm³/mol. The van der Waals surface area contributed by atoms with Gasteiger partial charge in [0, 0.05) is 31.9 Å². The zero-order valence-electron chi connectivity index (χ0n) is 17.3. The lowest BCUT2D eigenvalue weighted by Gasteiger charge is -2.33. The van der Waals surface area contributed by atoms with Gasteiger partial charge in [0.05, 0.1) is 11.4 Å². The molecular formula is C22H29N3O3S. The van der Waals surface area contributed by atoms with Crippen LogP contribution >= 0.6 is 0 Å². The molecule has 1 aliphatic heterocycles. The fourth-order valence-electron chi connectivity index (χ4n) is 3.59. The van der Waals surface area contributed by atoms with Gasteiger partial charge >= 0.3 is 0 Å². The second kappa shape index (κ2) is 9.07. The second-order valence-corrected chi connectivity index (χ2v) is 9.67. The average molecular weight is 416 g/mol. The molecule has 0 atom stereocenters. The van der Waals surface area contributed by atoms with Crippen LogP contribution < -0.4 is 5.32 Å². The third-order valence-corrected chi connectivity index (χ3v) is 7.18. The molecule has 1 aliphatic rings. The van der Waals surface area contributed by atoms with Crippen LogP contribution in [0.25, 0.3) is 0 Å². The number of sulfonamides is 1. The number of para-hydroxylation sites is 1. The molecule has 2 aromatic carbocycles. The molecule has 0 saturated carbocycles. The van der Waals surface area contributed by atoms with Crippen LogP contribution in [-0.4, -0.2) is 56.3 Å². The number of carbonyl (C=O) groups excluding carboxylic acids is 1. The molecule has 1 saturated heterocycles. The first kappa shape index (κ1) is 21.5. The topological polar surface area (TPSA) is 69.7 Å². The number of benzene rings is 2. The Morgan fingerprint density at radius 2 is 1.66 bits per heavy atom. The van der Waals surface area contributed by atoms with Crippen LogP contribution in [0.5, 0.6) is 0 Å². The van der Waals surface area contributed by atoms with Crippen molar-refractivity contribution in [2.75, 3.05) is 38.0 Å². The fraction of sp³-hybridized carbons (Fsp3) is 0.409. The Hall–Kier alpha value is -2.22. The second-order valence-electron chi connectivity index (χ2n) is 7.74. The van der Waals surface area contributed by atoms with E-state index in [4.69, 9.17) is 0 Å². The minimum Gasteiger partial charge on any atom is -0.324 e. The summed E-state index contributed by atoms with van der Waals surface area (Å²) < 4.78 is 26.9. The van der Waals surface area contributed by atoms with Crippen LogP contribution in [0.4, 0.5) is 5.69 Å². The fourth-order valence-corrected chi connectivity index (χ4v) is 5.04. The SMILES string of the molecule is Cc1cccc(C(C)C)c1NC(=O)CN1CCN(S(=O)(=O)c2ccccc2)CC1.